The lowest BCUT2D eigenvalue weighted by molar-refractivity contribution is 0.102. The highest BCUT2D eigenvalue weighted by molar-refractivity contribution is 6.07. The number of carbonyl (C=O) groups excluding carboxylic acids is 1. The van der Waals surface area contributed by atoms with Crippen LogP contribution in [-0.4, -0.2) is 60.4 Å². The second-order valence-corrected chi connectivity index (χ2v) is 9.16. The van der Waals surface area contributed by atoms with Gasteiger partial charge in [-0.05, 0) is 31.2 Å². The minimum atomic E-state index is -0.284. The predicted molar refractivity (Wildman–Crippen MR) is 138 cm³/mol. The number of aryl methyl sites for hydroxylation is 1. The third kappa shape index (κ3) is 4.54. The molecule has 6 rings (SSSR count). The van der Waals surface area contributed by atoms with Crippen LogP contribution >= 0.6 is 0 Å². The Morgan fingerprint density at radius 1 is 1.14 bits per heavy atom. The smallest absolute Gasteiger partial charge is 0.262 e. The van der Waals surface area contributed by atoms with E-state index in [1.165, 1.54) is 6.20 Å². The van der Waals surface area contributed by atoms with Gasteiger partial charge in [-0.1, -0.05) is 23.8 Å². The fraction of sp³-hybridized carbons (Fsp3) is 0.222. The summed E-state index contributed by atoms with van der Waals surface area (Å²) in [4.78, 5) is 24.4. The molecule has 1 N–H and O–H groups in total. The van der Waals surface area contributed by atoms with Crippen LogP contribution in [0.25, 0.3) is 11.3 Å². The number of hydrogen-bond acceptors (Lipinski definition) is 7. The average Bonchev–Trinajstić information content (AvgIpc) is 3.51. The molecule has 10 nitrogen and oxygen atoms in total. The zero-order chi connectivity index (χ0) is 25.4. The van der Waals surface area contributed by atoms with Crippen molar-refractivity contribution in [1.82, 2.24) is 34.3 Å². The molecule has 0 unspecified atom stereocenters. The van der Waals surface area contributed by atoms with Crippen LogP contribution in [0.15, 0.2) is 73.2 Å². The van der Waals surface area contributed by atoms with E-state index in [9.17, 15) is 4.79 Å². The van der Waals surface area contributed by atoms with E-state index >= 15 is 0 Å². The number of ether oxygens (including phenoxy) is 1. The van der Waals surface area contributed by atoms with E-state index in [-0.39, 0.29) is 11.8 Å². The molecule has 37 heavy (non-hydrogen) atoms. The van der Waals surface area contributed by atoms with E-state index < -0.39 is 0 Å². The molecule has 0 bridgehead atoms. The van der Waals surface area contributed by atoms with E-state index in [1.54, 1.807) is 34.8 Å². The molecule has 1 aliphatic rings. The van der Waals surface area contributed by atoms with E-state index in [1.807, 2.05) is 55.5 Å². The van der Waals surface area contributed by atoms with Gasteiger partial charge in [0.1, 0.15) is 11.4 Å². The topological polar surface area (TPSA) is 102 Å². The number of pyridine rings is 1. The van der Waals surface area contributed by atoms with Crippen molar-refractivity contribution in [1.29, 1.82) is 0 Å². The van der Waals surface area contributed by atoms with Crippen molar-refractivity contribution in [2.75, 3.05) is 25.5 Å². The zero-order valence-corrected chi connectivity index (χ0v) is 20.6. The summed E-state index contributed by atoms with van der Waals surface area (Å²) in [6.45, 7) is 4.50. The molecule has 4 aromatic heterocycles. The Morgan fingerprint density at radius 3 is 2.78 bits per heavy atom. The van der Waals surface area contributed by atoms with Crippen molar-refractivity contribution in [2.45, 2.75) is 19.4 Å². The molecule has 0 saturated carbocycles. The lowest BCUT2D eigenvalue weighted by Gasteiger charge is -2.38. The number of anilines is 1. The van der Waals surface area contributed by atoms with Crippen LogP contribution in [0.2, 0.25) is 0 Å². The van der Waals surface area contributed by atoms with Gasteiger partial charge in [0, 0.05) is 50.1 Å². The lowest BCUT2D eigenvalue weighted by atomic mass is 9.96. The predicted octanol–water partition coefficient (Wildman–Crippen LogP) is 3.48. The molecular weight excluding hydrogens is 468 g/mol. The number of nitrogens with zero attached hydrogens (tertiary/aromatic N) is 7. The van der Waals surface area contributed by atoms with Gasteiger partial charge in [-0.15, -0.1) is 0 Å². The molecule has 0 spiro atoms. The maximum atomic E-state index is 13.2. The first-order valence-corrected chi connectivity index (χ1v) is 12.1. The van der Waals surface area contributed by atoms with Gasteiger partial charge >= 0.3 is 0 Å². The van der Waals surface area contributed by atoms with Gasteiger partial charge in [0.15, 0.2) is 5.65 Å². The minimum Gasteiger partial charge on any atom is -0.481 e. The van der Waals surface area contributed by atoms with Crippen LogP contribution in [-0.2, 0) is 6.54 Å². The van der Waals surface area contributed by atoms with Gasteiger partial charge in [-0.3, -0.25) is 9.69 Å². The van der Waals surface area contributed by atoms with Crippen molar-refractivity contribution in [3.8, 4) is 11.6 Å². The largest absolute Gasteiger partial charge is 0.481 e. The van der Waals surface area contributed by atoms with Gasteiger partial charge in [-0.2, -0.15) is 10.2 Å². The number of methoxy groups -OCH3 is 1. The minimum absolute atomic E-state index is 0.256. The van der Waals surface area contributed by atoms with Crippen LogP contribution in [0.4, 0.5) is 5.82 Å². The molecule has 1 fully saturated rings. The third-order valence-electron chi connectivity index (χ3n) is 6.52. The fourth-order valence-corrected chi connectivity index (χ4v) is 4.52. The monoisotopic (exact) mass is 494 g/mol. The van der Waals surface area contributed by atoms with Gasteiger partial charge in [0.2, 0.25) is 5.88 Å². The van der Waals surface area contributed by atoms with Crippen molar-refractivity contribution in [3.05, 3.63) is 95.7 Å². The number of amides is 1. The first-order valence-electron chi connectivity index (χ1n) is 12.1. The Hall–Kier alpha value is -4.57. The standard InChI is InChI=1S/C27H26N8O2/c1-18-7-9-21(10-8-18)35-24(31-27(36)22-14-29-34-12-4-11-28-26(22)34)13-23(32-35)19-15-33(16-19)17-20-5-3-6-25(30-20)37-2/h3-14,19H,15-17H2,1-2H3,(H,31,36). The SMILES string of the molecule is COc1cccc(CN2CC(c3cc(NC(=O)c4cnn5cccnc45)n(-c4ccc(C)cc4)n3)C2)n1. The normalized spacial score (nSPS) is 14.0. The van der Waals surface area contributed by atoms with E-state index in [4.69, 9.17) is 9.84 Å². The third-order valence-corrected chi connectivity index (χ3v) is 6.52. The highest BCUT2D eigenvalue weighted by Gasteiger charge is 2.31. The Morgan fingerprint density at radius 2 is 1.97 bits per heavy atom. The average molecular weight is 495 g/mol. The highest BCUT2D eigenvalue weighted by atomic mass is 16.5. The quantitative estimate of drug-likeness (QED) is 0.370. The molecule has 10 heteroatoms. The Bertz CT molecular complexity index is 1570. The second-order valence-electron chi connectivity index (χ2n) is 9.16. The maximum absolute atomic E-state index is 13.2. The second kappa shape index (κ2) is 9.47. The van der Waals surface area contributed by atoms with Crippen LogP contribution in [0.1, 0.15) is 33.2 Å². The molecule has 0 aliphatic carbocycles. The van der Waals surface area contributed by atoms with Crippen molar-refractivity contribution in [2.24, 2.45) is 0 Å². The van der Waals surface area contributed by atoms with E-state index in [0.717, 1.165) is 42.3 Å². The number of likely N-dealkylation sites (tertiary alicyclic amines) is 1. The number of fused-ring (bicyclic) bond motifs is 1. The van der Waals surface area contributed by atoms with E-state index in [2.05, 4.69) is 25.3 Å². The fourth-order valence-electron chi connectivity index (χ4n) is 4.52. The van der Waals surface area contributed by atoms with Crippen LogP contribution in [0.5, 0.6) is 5.88 Å². The summed E-state index contributed by atoms with van der Waals surface area (Å²) in [5.41, 5.74) is 4.84. The number of carbonyl (C=O) groups is 1. The summed E-state index contributed by atoms with van der Waals surface area (Å²) in [7, 11) is 1.62. The molecule has 1 aliphatic heterocycles. The number of rotatable bonds is 7. The molecule has 0 radical (unpaired) electrons. The van der Waals surface area contributed by atoms with Crippen molar-refractivity contribution >= 4 is 17.4 Å². The molecule has 5 aromatic rings. The van der Waals surface area contributed by atoms with Crippen LogP contribution in [0.3, 0.4) is 0 Å². The summed E-state index contributed by atoms with van der Waals surface area (Å²) >= 11 is 0. The molecule has 1 amide bonds. The summed E-state index contributed by atoms with van der Waals surface area (Å²) in [6, 6.07) is 17.6. The number of aromatic nitrogens is 6. The van der Waals surface area contributed by atoms with Gasteiger partial charge < -0.3 is 10.1 Å². The van der Waals surface area contributed by atoms with Crippen molar-refractivity contribution in [3.63, 3.8) is 0 Å². The first-order chi connectivity index (χ1) is 18.1. The lowest BCUT2D eigenvalue weighted by Crippen LogP contribution is -2.44. The van der Waals surface area contributed by atoms with Crippen molar-refractivity contribution < 1.29 is 9.53 Å². The van der Waals surface area contributed by atoms with E-state index in [0.29, 0.717) is 22.9 Å². The Kier molecular flexibility index (Phi) is 5.85. The summed E-state index contributed by atoms with van der Waals surface area (Å²) in [5.74, 6) is 1.19. The summed E-state index contributed by atoms with van der Waals surface area (Å²) in [5, 5.41) is 12.2. The summed E-state index contributed by atoms with van der Waals surface area (Å²) in [6.07, 6.45) is 4.94. The molecule has 1 saturated heterocycles. The molecule has 1 aromatic carbocycles. The highest BCUT2D eigenvalue weighted by Crippen LogP contribution is 2.31. The summed E-state index contributed by atoms with van der Waals surface area (Å²) < 4.78 is 8.61. The zero-order valence-electron chi connectivity index (χ0n) is 20.6. The molecular formula is C27H26N8O2. The molecule has 5 heterocycles. The molecule has 0 atom stereocenters. The van der Waals surface area contributed by atoms with Gasteiger partial charge in [-0.25, -0.2) is 19.2 Å². The first kappa shape index (κ1) is 22.9. The number of benzene rings is 1. The van der Waals surface area contributed by atoms with Gasteiger partial charge in [0.25, 0.3) is 5.91 Å². The Balaban J connectivity index is 1.23. The van der Waals surface area contributed by atoms with Crippen LogP contribution in [0, 0.1) is 6.92 Å². The number of nitrogens with one attached hydrogen (secondary N) is 1. The maximum Gasteiger partial charge on any atom is 0.262 e. The molecule has 186 valence electrons. The van der Waals surface area contributed by atoms with Crippen LogP contribution < -0.4 is 10.1 Å². The Labute approximate surface area is 213 Å². The number of hydrogen-bond donors (Lipinski definition) is 1. The van der Waals surface area contributed by atoms with Gasteiger partial charge in [0.05, 0.1) is 30.4 Å².